The van der Waals surface area contributed by atoms with Crippen molar-refractivity contribution >= 4 is 17.5 Å². The van der Waals surface area contributed by atoms with Crippen LogP contribution in [0.2, 0.25) is 0 Å². The highest BCUT2D eigenvalue weighted by Gasteiger charge is 2.13. The molecule has 0 aromatic carbocycles. The van der Waals surface area contributed by atoms with Crippen molar-refractivity contribution in [2.45, 2.75) is 45.8 Å². The van der Waals surface area contributed by atoms with Gasteiger partial charge in [-0.25, -0.2) is 0 Å². The molecule has 1 rings (SSSR count). The van der Waals surface area contributed by atoms with Crippen molar-refractivity contribution in [1.29, 1.82) is 0 Å². The molecule has 4 heteroatoms. The Hall–Kier alpha value is -1.03. The van der Waals surface area contributed by atoms with Gasteiger partial charge in [-0.1, -0.05) is 13.8 Å². The number of carbonyl (C=O) groups excluding carboxylic acids is 1. The molecule has 106 valence electrons. The molecule has 1 aromatic rings. The number of Topliss-reactive ketones (excluding diaryl/α,β-unsaturated/α-hetero) is 1. The third-order valence-corrected chi connectivity index (χ3v) is 4.61. The topological polar surface area (TPSA) is 39.2 Å². The Bertz CT molecular complexity index is 446. The number of nitrogens with zero attached hydrogens (tertiary/aromatic N) is 1. The Morgan fingerprint density at radius 3 is 2.74 bits per heavy atom. The molecular weight excluding hydrogens is 258 g/mol. The largest absolute Gasteiger partial charge is 0.496 e. The first kappa shape index (κ1) is 16.0. The molecule has 0 N–H and O–H groups in total. The van der Waals surface area contributed by atoms with Gasteiger partial charge in [0.25, 0.3) is 0 Å². The maximum atomic E-state index is 12.0. The lowest BCUT2D eigenvalue weighted by atomic mass is 10.1. The lowest BCUT2D eigenvalue weighted by molar-refractivity contribution is -0.116. The van der Waals surface area contributed by atoms with Gasteiger partial charge in [0.1, 0.15) is 11.5 Å². The summed E-state index contributed by atoms with van der Waals surface area (Å²) in [6.07, 6.45) is 3.26. The molecule has 0 fully saturated rings. The van der Waals surface area contributed by atoms with Crippen molar-refractivity contribution in [3.05, 3.63) is 23.0 Å². The predicted molar refractivity (Wildman–Crippen MR) is 81.2 cm³/mol. The van der Waals surface area contributed by atoms with Gasteiger partial charge in [-0.2, -0.15) is 11.8 Å². The second-order valence-electron chi connectivity index (χ2n) is 4.79. The summed E-state index contributed by atoms with van der Waals surface area (Å²) in [5.41, 5.74) is 2.81. The Morgan fingerprint density at radius 2 is 2.16 bits per heavy atom. The molecule has 0 aliphatic carbocycles. The third-order valence-electron chi connectivity index (χ3n) is 3.22. The molecular formula is C15H23NO2S. The van der Waals surface area contributed by atoms with E-state index in [9.17, 15) is 4.79 Å². The summed E-state index contributed by atoms with van der Waals surface area (Å²) in [4.78, 5) is 16.3. The fourth-order valence-corrected chi connectivity index (χ4v) is 2.65. The van der Waals surface area contributed by atoms with Crippen molar-refractivity contribution in [1.82, 2.24) is 4.98 Å². The van der Waals surface area contributed by atoms with E-state index in [4.69, 9.17) is 4.74 Å². The standard InChI is InChI=1S/C15H23NO2S/c1-6-11(3)19-9-13(17)7-14-12(4)15(18-5)10(2)8-16-14/h8,11H,6-7,9H2,1-5H3. The first-order chi connectivity index (χ1) is 8.99. The normalized spacial score (nSPS) is 12.3. The van der Waals surface area contributed by atoms with Crippen molar-refractivity contribution < 1.29 is 9.53 Å². The minimum absolute atomic E-state index is 0.229. The Labute approximate surface area is 120 Å². The molecule has 1 atom stereocenters. The molecule has 1 unspecified atom stereocenters. The monoisotopic (exact) mass is 281 g/mol. The van der Waals surface area contributed by atoms with Crippen LogP contribution in [0.4, 0.5) is 0 Å². The highest BCUT2D eigenvalue weighted by Crippen LogP contribution is 2.24. The number of aryl methyl sites for hydroxylation is 1. The first-order valence-electron chi connectivity index (χ1n) is 6.61. The van der Waals surface area contributed by atoms with Crippen LogP contribution in [0.25, 0.3) is 0 Å². The van der Waals surface area contributed by atoms with Crippen LogP contribution < -0.4 is 4.74 Å². The molecule has 0 saturated heterocycles. The van der Waals surface area contributed by atoms with Crippen LogP contribution in [0, 0.1) is 13.8 Å². The number of methoxy groups -OCH3 is 1. The first-order valence-corrected chi connectivity index (χ1v) is 7.66. The molecule has 0 spiro atoms. The third kappa shape index (κ3) is 4.53. The molecule has 0 saturated carbocycles. The van der Waals surface area contributed by atoms with E-state index in [0.29, 0.717) is 17.4 Å². The van der Waals surface area contributed by atoms with Crippen molar-refractivity contribution in [3.63, 3.8) is 0 Å². The molecule has 0 aliphatic rings. The van der Waals surface area contributed by atoms with E-state index in [1.807, 2.05) is 13.8 Å². The van der Waals surface area contributed by atoms with Gasteiger partial charge in [0, 0.05) is 29.0 Å². The zero-order valence-electron chi connectivity index (χ0n) is 12.4. The van der Waals surface area contributed by atoms with Crippen LogP contribution in [-0.4, -0.2) is 28.9 Å². The Kier molecular flexibility index (Phi) is 6.35. The summed E-state index contributed by atoms with van der Waals surface area (Å²) in [5, 5.41) is 0.533. The second kappa shape index (κ2) is 7.53. The van der Waals surface area contributed by atoms with Crippen molar-refractivity contribution in [3.8, 4) is 5.75 Å². The summed E-state index contributed by atoms with van der Waals surface area (Å²) >= 11 is 1.71. The van der Waals surface area contributed by atoms with Crippen molar-refractivity contribution in [2.24, 2.45) is 0 Å². The van der Waals surface area contributed by atoms with Gasteiger partial charge in [-0.15, -0.1) is 0 Å². The van der Waals surface area contributed by atoms with E-state index in [1.54, 1.807) is 25.1 Å². The maximum Gasteiger partial charge on any atom is 0.148 e. The van der Waals surface area contributed by atoms with Crippen LogP contribution in [0.15, 0.2) is 6.20 Å². The van der Waals surface area contributed by atoms with Crippen LogP contribution in [0.5, 0.6) is 5.75 Å². The SMILES string of the molecule is CCC(C)SCC(=O)Cc1ncc(C)c(OC)c1C. The van der Waals surface area contributed by atoms with E-state index in [1.165, 1.54) is 0 Å². The fourth-order valence-electron chi connectivity index (χ4n) is 1.84. The number of aromatic nitrogens is 1. The quantitative estimate of drug-likeness (QED) is 0.768. The van der Waals surface area contributed by atoms with Gasteiger partial charge in [0.2, 0.25) is 0 Å². The van der Waals surface area contributed by atoms with E-state index >= 15 is 0 Å². The van der Waals surface area contributed by atoms with Crippen LogP contribution in [0.1, 0.15) is 37.1 Å². The number of carbonyl (C=O) groups is 1. The lowest BCUT2D eigenvalue weighted by Gasteiger charge is -2.12. The zero-order valence-corrected chi connectivity index (χ0v) is 13.3. The van der Waals surface area contributed by atoms with Gasteiger partial charge in [-0.05, 0) is 20.3 Å². The minimum atomic E-state index is 0.229. The molecule has 0 amide bonds. The van der Waals surface area contributed by atoms with Crippen LogP contribution in [0.3, 0.4) is 0 Å². The number of rotatable bonds is 7. The Morgan fingerprint density at radius 1 is 1.47 bits per heavy atom. The number of ketones is 1. The summed E-state index contributed by atoms with van der Waals surface area (Å²) in [6, 6.07) is 0. The van der Waals surface area contributed by atoms with Crippen LogP contribution in [-0.2, 0) is 11.2 Å². The van der Waals surface area contributed by atoms with E-state index < -0.39 is 0 Å². The van der Waals surface area contributed by atoms with Gasteiger partial charge < -0.3 is 4.74 Å². The van der Waals surface area contributed by atoms with Crippen molar-refractivity contribution in [2.75, 3.05) is 12.9 Å². The number of pyridine rings is 1. The summed E-state index contributed by atoms with van der Waals surface area (Å²) < 4.78 is 5.36. The van der Waals surface area contributed by atoms with E-state index in [-0.39, 0.29) is 5.78 Å². The number of ether oxygens (including phenoxy) is 1. The number of thioether (sulfide) groups is 1. The fraction of sp³-hybridized carbons (Fsp3) is 0.600. The predicted octanol–water partition coefficient (Wildman–Crippen LogP) is 3.35. The van der Waals surface area contributed by atoms with Crippen LogP contribution >= 0.6 is 11.8 Å². The Balaban J connectivity index is 2.69. The lowest BCUT2D eigenvalue weighted by Crippen LogP contribution is -2.11. The highest BCUT2D eigenvalue weighted by atomic mass is 32.2. The average Bonchev–Trinajstić information content (AvgIpc) is 2.40. The van der Waals surface area contributed by atoms with Gasteiger partial charge in [-0.3, -0.25) is 9.78 Å². The number of hydrogen-bond acceptors (Lipinski definition) is 4. The average molecular weight is 281 g/mol. The summed E-state index contributed by atoms with van der Waals surface area (Å²) in [6.45, 7) is 8.21. The van der Waals surface area contributed by atoms with Gasteiger partial charge in [0.05, 0.1) is 18.6 Å². The van der Waals surface area contributed by atoms with Gasteiger partial charge >= 0.3 is 0 Å². The molecule has 0 radical (unpaired) electrons. The van der Waals surface area contributed by atoms with E-state index in [0.717, 1.165) is 29.0 Å². The zero-order chi connectivity index (χ0) is 14.4. The smallest absolute Gasteiger partial charge is 0.148 e. The van der Waals surface area contributed by atoms with Gasteiger partial charge in [0.15, 0.2) is 0 Å². The summed E-state index contributed by atoms with van der Waals surface area (Å²) in [7, 11) is 1.65. The molecule has 1 heterocycles. The second-order valence-corrected chi connectivity index (χ2v) is 6.22. The molecule has 0 aliphatic heterocycles. The minimum Gasteiger partial charge on any atom is -0.496 e. The molecule has 19 heavy (non-hydrogen) atoms. The molecule has 0 bridgehead atoms. The maximum absolute atomic E-state index is 12.0. The van der Waals surface area contributed by atoms with E-state index in [2.05, 4.69) is 18.8 Å². The molecule has 1 aromatic heterocycles. The highest BCUT2D eigenvalue weighted by molar-refractivity contribution is 8.00. The summed E-state index contributed by atoms with van der Waals surface area (Å²) in [5.74, 6) is 1.63. The molecule has 3 nitrogen and oxygen atoms in total. The number of hydrogen-bond donors (Lipinski definition) is 0.